The Bertz CT molecular complexity index is 317. The van der Waals surface area contributed by atoms with Crippen molar-refractivity contribution in [3.8, 4) is 0 Å². The maximum absolute atomic E-state index is 12.0. The predicted octanol–water partition coefficient (Wildman–Crippen LogP) is 3.52. The molecule has 98 valence electrons. The van der Waals surface area contributed by atoms with Crippen LogP contribution in [0.3, 0.4) is 0 Å². The Morgan fingerprint density at radius 3 is 2.41 bits per heavy atom. The van der Waals surface area contributed by atoms with E-state index >= 15 is 0 Å². The summed E-state index contributed by atoms with van der Waals surface area (Å²) in [5.41, 5.74) is 0. The summed E-state index contributed by atoms with van der Waals surface area (Å²) < 4.78 is 0. The van der Waals surface area contributed by atoms with Crippen LogP contribution in [0.5, 0.6) is 0 Å². The van der Waals surface area contributed by atoms with Gasteiger partial charge in [0.2, 0.25) is 0 Å². The van der Waals surface area contributed by atoms with Crippen molar-refractivity contribution < 1.29 is 4.79 Å². The van der Waals surface area contributed by atoms with Gasteiger partial charge in [0.1, 0.15) is 0 Å². The quantitative estimate of drug-likeness (QED) is 0.842. The molecule has 1 aromatic rings. The maximum Gasteiger partial charge on any atom is 0.152 e. The molecule has 0 radical (unpaired) electrons. The first-order chi connectivity index (χ1) is 7.50. The molecule has 1 atom stereocenters. The van der Waals surface area contributed by atoms with Gasteiger partial charge in [0, 0.05) is 23.3 Å². The molecule has 0 aliphatic rings. The maximum atomic E-state index is 12.0. The van der Waals surface area contributed by atoms with Crippen LogP contribution in [0.1, 0.15) is 40.0 Å². The fourth-order valence-electron chi connectivity index (χ4n) is 1.68. The molecular weight excluding hydrogens is 230 g/mol. The summed E-state index contributed by atoms with van der Waals surface area (Å²) in [6.45, 7) is 8.08. The zero-order chi connectivity index (χ0) is 12.1. The van der Waals surface area contributed by atoms with Crippen LogP contribution in [0.2, 0.25) is 0 Å². The lowest BCUT2D eigenvalue weighted by Gasteiger charge is -2.21. The Morgan fingerprint density at radius 1 is 1.35 bits per heavy atom. The van der Waals surface area contributed by atoms with Crippen LogP contribution in [-0.2, 0) is 11.2 Å². The Hall–Kier alpha value is -0.670. The number of hydrogen-bond acceptors (Lipinski definition) is 3. The Morgan fingerprint density at radius 2 is 2.00 bits per heavy atom. The van der Waals surface area contributed by atoms with Crippen LogP contribution < -0.4 is 5.32 Å². The average Bonchev–Trinajstić information content (AvgIpc) is 2.67. The summed E-state index contributed by atoms with van der Waals surface area (Å²) in [5, 5.41) is 5.41. The highest BCUT2D eigenvalue weighted by Crippen LogP contribution is 2.14. The summed E-state index contributed by atoms with van der Waals surface area (Å²) in [6, 6.07) is 4.42. The third kappa shape index (κ3) is 5.46. The van der Waals surface area contributed by atoms with Crippen LogP contribution in [0.15, 0.2) is 17.5 Å². The van der Waals surface area contributed by atoms with Crippen molar-refractivity contribution >= 4 is 17.1 Å². The van der Waals surface area contributed by atoms with Crippen molar-refractivity contribution in [2.45, 2.75) is 53.6 Å². The summed E-state index contributed by atoms with van der Waals surface area (Å²) in [4.78, 5) is 13.3. The van der Waals surface area contributed by atoms with E-state index in [1.165, 1.54) is 4.88 Å². The molecule has 1 heterocycles. The van der Waals surface area contributed by atoms with Gasteiger partial charge in [-0.3, -0.25) is 4.79 Å². The minimum Gasteiger partial charge on any atom is -0.305 e. The van der Waals surface area contributed by atoms with Crippen LogP contribution in [0.25, 0.3) is 0 Å². The number of hydrogen-bond donors (Lipinski definition) is 1. The summed E-state index contributed by atoms with van der Waals surface area (Å²) in [5.74, 6) is 0.401. The van der Waals surface area contributed by atoms with Gasteiger partial charge in [-0.25, -0.2) is 0 Å². The van der Waals surface area contributed by atoms with Gasteiger partial charge in [0.15, 0.2) is 5.78 Å². The first-order valence-electron chi connectivity index (χ1n) is 5.83. The number of ketones is 1. The minimum atomic E-state index is -0.0429. The van der Waals surface area contributed by atoms with Gasteiger partial charge >= 0.3 is 0 Å². The SMILES string of the molecule is C.CC(C)NC(Cc1cccs1)C(=O)C(C)C. The van der Waals surface area contributed by atoms with E-state index in [9.17, 15) is 4.79 Å². The van der Waals surface area contributed by atoms with Gasteiger partial charge in [-0.2, -0.15) is 0 Å². The van der Waals surface area contributed by atoms with Crippen molar-refractivity contribution in [3.63, 3.8) is 0 Å². The molecule has 2 nitrogen and oxygen atoms in total. The summed E-state index contributed by atoms with van der Waals surface area (Å²) in [6.07, 6.45) is 0.812. The zero-order valence-electron chi connectivity index (χ0n) is 10.5. The third-order valence-corrected chi connectivity index (χ3v) is 3.33. The summed E-state index contributed by atoms with van der Waals surface area (Å²) >= 11 is 1.72. The molecule has 17 heavy (non-hydrogen) atoms. The molecule has 0 spiro atoms. The molecular formula is C14H25NOS. The van der Waals surface area contributed by atoms with E-state index in [-0.39, 0.29) is 19.4 Å². The molecule has 1 aromatic heterocycles. The topological polar surface area (TPSA) is 29.1 Å². The fourth-order valence-corrected chi connectivity index (χ4v) is 2.43. The smallest absolute Gasteiger partial charge is 0.152 e. The van der Waals surface area contributed by atoms with Crippen LogP contribution in [0, 0.1) is 5.92 Å². The molecule has 1 rings (SSSR count). The van der Waals surface area contributed by atoms with E-state index in [0.717, 1.165) is 6.42 Å². The second kappa shape index (κ2) is 7.62. The van der Waals surface area contributed by atoms with Gasteiger partial charge in [-0.05, 0) is 11.4 Å². The fraction of sp³-hybridized carbons (Fsp3) is 0.643. The molecule has 0 saturated heterocycles. The molecule has 3 heteroatoms. The Balaban J connectivity index is 0.00000256. The monoisotopic (exact) mass is 255 g/mol. The first kappa shape index (κ1) is 16.3. The first-order valence-corrected chi connectivity index (χ1v) is 6.70. The van der Waals surface area contributed by atoms with Crippen LogP contribution >= 0.6 is 11.3 Å². The van der Waals surface area contributed by atoms with Crippen molar-refractivity contribution in [2.75, 3.05) is 0 Å². The Labute approximate surface area is 109 Å². The van der Waals surface area contributed by atoms with Gasteiger partial charge in [0.25, 0.3) is 0 Å². The predicted molar refractivity (Wildman–Crippen MR) is 76.7 cm³/mol. The van der Waals surface area contributed by atoms with E-state index in [1.807, 2.05) is 19.9 Å². The lowest BCUT2D eigenvalue weighted by molar-refractivity contribution is -0.124. The third-order valence-electron chi connectivity index (χ3n) is 2.43. The standard InChI is InChI=1S/C13H21NOS.CH4/c1-9(2)13(15)12(14-10(3)4)8-11-6-5-7-16-11;/h5-7,9-10,12,14H,8H2,1-4H3;1H4. The van der Waals surface area contributed by atoms with Gasteiger partial charge in [0.05, 0.1) is 6.04 Å². The highest BCUT2D eigenvalue weighted by molar-refractivity contribution is 7.09. The lowest BCUT2D eigenvalue weighted by Crippen LogP contribution is -2.44. The average molecular weight is 255 g/mol. The number of Topliss-reactive ketones (excluding diaryl/α,β-unsaturated/α-hetero) is 1. The molecule has 1 unspecified atom stereocenters. The highest BCUT2D eigenvalue weighted by Gasteiger charge is 2.22. The van der Waals surface area contributed by atoms with Gasteiger partial charge in [-0.1, -0.05) is 41.2 Å². The molecule has 0 bridgehead atoms. The number of rotatable bonds is 6. The number of carbonyl (C=O) groups is 1. The largest absolute Gasteiger partial charge is 0.305 e. The van der Waals surface area contributed by atoms with E-state index in [2.05, 4.69) is 30.6 Å². The second-order valence-electron chi connectivity index (χ2n) is 4.71. The van der Waals surface area contributed by atoms with Crippen molar-refractivity contribution in [1.29, 1.82) is 0 Å². The van der Waals surface area contributed by atoms with E-state index in [1.54, 1.807) is 11.3 Å². The number of carbonyl (C=O) groups excluding carboxylic acids is 1. The summed E-state index contributed by atoms with van der Waals surface area (Å²) in [7, 11) is 0. The van der Waals surface area contributed by atoms with Crippen molar-refractivity contribution in [3.05, 3.63) is 22.4 Å². The van der Waals surface area contributed by atoms with Crippen LogP contribution in [-0.4, -0.2) is 17.9 Å². The van der Waals surface area contributed by atoms with Gasteiger partial charge < -0.3 is 5.32 Å². The Kier molecular flexibility index (Phi) is 7.32. The molecule has 0 aliphatic heterocycles. The number of nitrogens with one attached hydrogen (secondary N) is 1. The zero-order valence-corrected chi connectivity index (χ0v) is 11.3. The van der Waals surface area contributed by atoms with Crippen molar-refractivity contribution in [1.82, 2.24) is 5.32 Å². The highest BCUT2D eigenvalue weighted by atomic mass is 32.1. The second-order valence-corrected chi connectivity index (χ2v) is 5.75. The molecule has 0 amide bonds. The van der Waals surface area contributed by atoms with Crippen LogP contribution in [0.4, 0.5) is 0 Å². The minimum absolute atomic E-state index is 0. The van der Waals surface area contributed by atoms with Gasteiger partial charge in [-0.15, -0.1) is 11.3 Å². The van der Waals surface area contributed by atoms with E-state index < -0.39 is 0 Å². The van der Waals surface area contributed by atoms with E-state index in [0.29, 0.717) is 11.8 Å². The van der Waals surface area contributed by atoms with E-state index in [4.69, 9.17) is 0 Å². The molecule has 0 aliphatic carbocycles. The normalized spacial score (nSPS) is 12.6. The molecule has 0 saturated carbocycles. The molecule has 0 aromatic carbocycles. The molecule has 0 fully saturated rings. The molecule has 1 N–H and O–H groups in total. The lowest BCUT2D eigenvalue weighted by atomic mass is 9.98. The number of thiophene rings is 1. The van der Waals surface area contributed by atoms with Crippen molar-refractivity contribution in [2.24, 2.45) is 5.92 Å².